The maximum atomic E-state index is 14.3. The molecular weight excluding hydrogens is 457 g/mol. The van der Waals surface area contributed by atoms with Gasteiger partial charge in [0.2, 0.25) is 0 Å². The fourth-order valence-electron chi connectivity index (χ4n) is 3.65. The molecule has 164 valence electrons. The van der Waals surface area contributed by atoms with Crippen molar-refractivity contribution < 1.29 is 23.2 Å². The Labute approximate surface area is 191 Å². The summed E-state index contributed by atoms with van der Waals surface area (Å²) < 4.78 is 24.5. The Kier molecular flexibility index (Phi) is 6.26. The molecule has 0 saturated carbocycles. The quantitative estimate of drug-likeness (QED) is 0.520. The van der Waals surface area contributed by atoms with Crippen LogP contribution in [-0.2, 0) is 22.4 Å². The van der Waals surface area contributed by atoms with Crippen LogP contribution < -0.4 is 5.32 Å². The first kappa shape index (κ1) is 22.0. The monoisotopic (exact) mass is 473 g/mol. The average Bonchev–Trinajstić information content (AvgIpc) is 3.31. The van der Waals surface area contributed by atoms with E-state index in [1.54, 1.807) is 0 Å². The van der Waals surface area contributed by atoms with Gasteiger partial charge in [0.25, 0.3) is 5.91 Å². The van der Waals surface area contributed by atoms with Crippen molar-refractivity contribution >= 4 is 39.8 Å². The standard InChI is InChI=1S/C22H17ClFN3O4S/c1-11-18(20(27-31-11)19-14(23)6-4-7-15(19)24)22(29)30-10-17(28)26-21-13(9-25)12-5-2-3-8-16(12)32-21/h4,6-7H,2-3,5,8,10H2,1H3,(H,26,28). The Hall–Kier alpha value is -3.22. The van der Waals surface area contributed by atoms with Crippen molar-refractivity contribution in [3.05, 3.63) is 56.4 Å². The summed E-state index contributed by atoms with van der Waals surface area (Å²) in [7, 11) is 0. The summed E-state index contributed by atoms with van der Waals surface area (Å²) in [5.41, 5.74) is 1.14. The van der Waals surface area contributed by atoms with Gasteiger partial charge in [-0.15, -0.1) is 11.3 Å². The van der Waals surface area contributed by atoms with E-state index in [4.69, 9.17) is 20.9 Å². The number of hydrogen-bond donors (Lipinski definition) is 1. The Morgan fingerprint density at radius 1 is 1.38 bits per heavy atom. The number of carbonyl (C=O) groups excluding carboxylic acids is 2. The van der Waals surface area contributed by atoms with Gasteiger partial charge in [0.05, 0.1) is 16.1 Å². The van der Waals surface area contributed by atoms with Gasteiger partial charge < -0.3 is 14.6 Å². The predicted molar refractivity (Wildman–Crippen MR) is 116 cm³/mol. The molecule has 1 aliphatic carbocycles. The zero-order chi connectivity index (χ0) is 22.8. The van der Waals surface area contributed by atoms with Gasteiger partial charge in [0, 0.05) is 4.88 Å². The Morgan fingerprint density at radius 2 is 2.16 bits per heavy atom. The van der Waals surface area contributed by atoms with Crippen molar-refractivity contribution in [2.45, 2.75) is 32.6 Å². The van der Waals surface area contributed by atoms with E-state index in [1.807, 2.05) is 0 Å². The van der Waals surface area contributed by atoms with Gasteiger partial charge in [-0.1, -0.05) is 22.8 Å². The lowest BCUT2D eigenvalue weighted by Crippen LogP contribution is -2.21. The van der Waals surface area contributed by atoms with Crippen molar-refractivity contribution in [2.75, 3.05) is 11.9 Å². The third-order valence-corrected chi connectivity index (χ3v) is 6.66. The summed E-state index contributed by atoms with van der Waals surface area (Å²) in [5.74, 6) is -2.07. The molecule has 0 atom stereocenters. The number of anilines is 1. The molecule has 2 heterocycles. The number of esters is 1. The number of nitriles is 1. The maximum absolute atomic E-state index is 14.3. The van der Waals surface area contributed by atoms with Crippen molar-refractivity contribution in [3.8, 4) is 17.3 Å². The van der Waals surface area contributed by atoms with Crippen LogP contribution in [0, 0.1) is 24.1 Å². The first-order valence-corrected chi connectivity index (χ1v) is 11.0. The van der Waals surface area contributed by atoms with E-state index in [0.717, 1.165) is 36.1 Å². The minimum Gasteiger partial charge on any atom is -0.452 e. The number of halogens is 2. The lowest BCUT2D eigenvalue weighted by Gasteiger charge is -2.09. The number of ether oxygens (including phenoxy) is 1. The molecule has 0 saturated heterocycles. The topological polar surface area (TPSA) is 105 Å². The van der Waals surface area contributed by atoms with Gasteiger partial charge in [0.1, 0.15) is 33.9 Å². The minimum atomic E-state index is -0.904. The minimum absolute atomic E-state index is 0.0517. The second-order valence-electron chi connectivity index (χ2n) is 7.21. The molecule has 10 heteroatoms. The molecule has 0 aliphatic heterocycles. The van der Waals surface area contributed by atoms with Crippen LogP contribution in [0.2, 0.25) is 5.02 Å². The summed E-state index contributed by atoms with van der Waals surface area (Å²) in [4.78, 5) is 26.2. The van der Waals surface area contributed by atoms with Crippen molar-refractivity contribution in [1.29, 1.82) is 5.26 Å². The maximum Gasteiger partial charge on any atom is 0.344 e. The number of aromatic nitrogens is 1. The molecular formula is C22H17ClFN3O4S. The van der Waals surface area contributed by atoms with Crippen LogP contribution in [-0.4, -0.2) is 23.6 Å². The van der Waals surface area contributed by atoms with Crippen LogP contribution in [0.25, 0.3) is 11.3 Å². The molecule has 0 spiro atoms. The van der Waals surface area contributed by atoms with Crippen LogP contribution in [0.3, 0.4) is 0 Å². The van der Waals surface area contributed by atoms with Crippen molar-refractivity contribution in [3.63, 3.8) is 0 Å². The van der Waals surface area contributed by atoms with Crippen LogP contribution >= 0.6 is 22.9 Å². The first-order valence-electron chi connectivity index (χ1n) is 9.83. The van der Waals surface area contributed by atoms with Gasteiger partial charge in [-0.3, -0.25) is 4.79 Å². The molecule has 0 unspecified atom stereocenters. The second kappa shape index (κ2) is 9.10. The van der Waals surface area contributed by atoms with Crippen LogP contribution in [0.1, 0.15) is 45.0 Å². The number of hydrogen-bond acceptors (Lipinski definition) is 7. The third-order valence-electron chi connectivity index (χ3n) is 5.14. The van der Waals surface area contributed by atoms with E-state index in [-0.39, 0.29) is 27.6 Å². The normalized spacial score (nSPS) is 12.7. The molecule has 4 rings (SSSR count). The predicted octanol–water partition coefficient (Wildman–Crippen LogP) is 5.05. The lowest BCUT2D eigenvalue weighted by atomic mass is 9.96. The fraction of sp³-hybridized carbons (Fsp3) is 0.273. The lowest BCUT2D eigenvalue weighted by molar-refractivity contribution is -0.119. The number of aryl methyl sites for hydroxylation is 2. The first-order chi connectivity index (χ1) is 15.4. The van der Waals surface area contributed by atoms with Crippen molar-refractivity contribution in [2.24, 2.45) is 0 Å². The highest BCUT2D eigenvalue weighted by Crippen LogP contribution is 2.37. The van der Waals surface area contributed by atoms with Gasteiger partial charge in [-0.25, -0.2) is 9.18 Å². The summed E-state index contributed by atoms with van der Waals surface area (Å²) in [5, 5.41) is 16.4. The summed E-state index contributed by atoms with van der Waals surface area (Å²) in [6, 6.07) is 6.22. The summed E-state index contributed by atoms with van der Waals surface area (Å²) in [6.07, 6.45) is 3.76. The van der Waals surface area contributed by atoms with Crippen molar-refractivity contribution in [1.82, 2.24) is 5.16 Å². The molecule has 32 heavy (non-hydrogen) atoms. The number of benzene rings is 1. The van der Waals surface area contributed by atoms with E-state index in [0.29, 0.717) is 10.6 Å². The molecule has 0 radical (unpaired) electrons. The molecule has 3 aromatic rings. The third kappa shape index (κ3) is 4.11. The Balaban J connectivity index is 1.49. The summed E-state index contributed by atoms with van der Waals surface area (Å²) >= 11 is 7.45. The number of nitrogens with one attached hydrogen (secondary N) is 1. The van der Waals surface area contributed by atoms with E-state index >= 15 is 0 Å². The molecule has 0 bridgehead atoms. The zero-order valence-electron chi connectivity index (χ0n) is 17.0. The zero-order valence-corrected chi connectivity index (χ0v) is 18.5. The number of thiophene rings is 1. The highest BCUT2D eigenvalue weighted by Gasteiger charge is 2.27. The number of rotatable bonds is 5. The van der Waals surface area contributed by atoms with E-state index in [1.165, 1.54) is 36.5 Å². The van der Waals surface area contributed by atoms with E-state index < -0.39 is 24.3 Å². The average molecular weight is 474 g/mol. The smallest absolute Gasteiger partial charge is 0.344 e. The van der Waals surface area contributed by atoms with Gasteiger partial charge in [-0.2, -0.15) is 5.26 Å². The van der Waals surface area contributed by atoms with E-state index in [2.05, 4.69) is 16.5 Å². The number of carbonyl (C=O) groups is 2. The number of amides is 1. The van der Waals surface area contributed by atoms with E-state index in [9.17, 15) is 19.2 Å². The molecule has 1 aliphatic rings. The number of nitrogens with zero attached hydrogens (tertiary/aromatic N) is 2. The van der Waals surface area contributed by atoms with Gasteiger partial charge >= 0.3 is 5.97 Å². The van der Waals surface area contributed by atoms with Crippen LogP contribution in [0.4, 0.5) is 9.39 Å². The Bertz CT molecular complexity index is 1240. The fourth-order valence-corrected chi connectivity index (χ4v) is 5.15. The SMILES string of the molecule is Cc1onc(-c2c(F)cccc2Cl)c1C(=O)OCC(=O)Nc1sc2c(c1C#N)CCCC2. The molecule has 2 aromatic heterocycles. The van der Waals surface area contributed by atoms with Gasteiger partial charge in [0.15, 0.2) is 6.61 Å². The second-order valence-corrected chi connectivity index (χ2v) is 8.72. The van der Waals surface area contributed by atoms with Gasteiger partial charge in [-0.05, 0) is 50.3 Å². The summed E-state index contributed by atoms with van der Waals surface area (Å²) in [6.45, 7) is 0.874. The number of fused-ring (bicyclic) bond motifs is 1. The molecule has 1 N–H and O–H groups in total. The van der Waals surface area contributed by atoms with Crippen LogP contribution in [0.5, 0.6) is 0 Å². The Morgan fingerprint density at radius 3 is 2.91 bits per heavy atom. The molecule has 7 nitrogen and oxygen atoms in total. The molecule has 0 fully saturated rings. The highest BCUT2D eigenvalue weighted by atomic mass is 35.5. The molecule has 1 amide bonds. The largest absolute Gasteiger partial charge is 0.452 e. The molecule has 1 aromatic carbocycles. The highest BCUT2D eigenvalue weighted by molar-refractivity contribution is 7.16. The van der Waals surface area contributed by atoms with Crippen LogP contribution in [0.15, 0.2) is 22.7 Å².